The number of amides is 1. The van der Waals surface area contributed by atoms with Crippen LogP contribution in [-0.4, -0.2) is 33.5 Å². The first-order valence-corrected chi connectivity index (χ1v) is 7.80. The Morgan fingerprint density at radius 2 is 2.47 bits per heavy atom. The molecule has 0 aromatic carbocycles. The van der Waals surface area contributed by atoms with Crippen molar-refractivity contribution in [1.29, 1.82) is 0 Å². The van der Waals surface area contributed by atoms with E-state index in [-0.39, 0.29) is 11.9 Å². The smallest absolute Gasteiger partial charge is 0.242 e. The monoisotopic (exact) mass is 314 g/mol. The van der Waals surface area contributed by atoms with Crippen LogP contribution in [-0.2, 0) is 11.3 Å². The Morgan fingerprint density at radius 1 is 1.58 bits per heavy atom. The normalized spacial score (nSPS) is 20.5. The number of thiophene rings is 1. The average molecular weight is 315 g/mol. The van der Waals surface area contributed by atoms with Crippen LogP contribution in [0, 0.1) is 0 Å². The Hall–Kier alpha value is -1.02. The molecule has 0 unspecified atom stereocenters. The summed E-state index contributed by atoms with van der Waals surface area (Å²) in [5.41, 5.74) is 0.739. The Morgan fingerprint density at radius 3 is 3.16 bits per heavy atom. The maximum absolute atomic E-state index is 12.1. The van der Waals surface area contributed by atoms with Gasteiger partial charge in [-0.25, -0.2) is 0 Å². The first-order valence-electron chi connectivity index (χ1n) is 5.77. The second-order valence-corrected chi connectivity index (χ2v) is 6.51. The lowest BCUT2D eigenvalue weighted by Crippen LogP contribution is -2.49. The summed E-state index contributed by atoms with van der Waals surface area (Å²) in [5, 5.41) is 8.90. The highest BCUT2D eigenvalue weighted by Gasteiger charge is 2.32. The lowest BCUT2D eigenvalue weighted by molar-refractivity contribution is -0.129. The third-order valence-corrected chi connectivity index (χ3v) is 4.90. The highest BCUT2D eigenvalue weighted by molar-refractivity contribution is 7.10. The molecule has 1 saturated heterocycles. The van der Waals surface area contributed by atoms with E-state index in [0.29, 0.717) is 17.4 Å². The van der Waals surface area contributed by atoms with Gasteiger partial charge in [-0.3, -0.25) is 9.69 Å². The first-order chi connectivity index (χ1) is 9.25. The molecule has 0 aliphatic carbocycles. The van der Waals surface area contributed by atoms with E-state index in [1.165, 1.54) is 11.5 Å². The minimum atomic E-state index is -0.258. The van der Waals surface area contributed by atoms with Crippen molar-refractivity contribution < 1.29 is 4.79 Å². The molecule has 0 saturated carbocycles. The Kier molecular flexibility index (Phi) is 3.79. The van der Waals surface area contributed by atoms with E-state index in [9.17, 15) is 4.79 Å². The molecule has 8 heteroatoms. The molecule has 0 bridgehead atoms. The van der Waals surface area contributed by atoms with E-state index >= 15 is 0 Å². The van der Waals surface area contributed by atoms with Gasteiger partial charge in [0.25, 0.3) is 0 Å². The predicted octanol–water partition coefficient (Wildman–Crippen LogP) is 1.93. The summed E-state index contributed by atoms with van der Waals surface area (Å²) in [6.45, 7) is 1.98. The van der Waals surface area contributed by atoms with Crippen molar-refractivity contribution in [3.05, 3.63) is 32.4 Å². The maximum atomic E-state index is 12.1. The van der Waals surface area contributed by atoms with E-state index in [2.05, 4.69) is 19.8 Å². The molecular formula is C11H11ClN4OS2. The number of carbonyl (C=O) groups excluding carboxylic acids is 1. The van der Waals surface area contributed by atoms with Gasteiger partial charge >= 0.3 is 0 Å². The summed E-state index contributed by atoms with van der Waals surface area (Å²) in [7, 11) is 0. The quantitative estimate of drug-likeness (QED) is 0.940. The van der Waals surface area contributed by atoms with Gasteiger partial charge in [0, 0.05) is 36.0 Å². The van der Waals surface area contributed by atoms with Crippen molar-refractivity contribution in [2.75, 3.05) is 13.1 Å². The molecule has 2 aromatic heterocycles. The molecule has 2 aromatic rings. The van der Waals surface area contributed by atoms with Crippen LogP contribution in [0.2, 0.25) is 4.34 Å². The fourth-order valence-electron chi connectivity index (χ4n) is 2.12. The van der Waals surface area contributed by atoms with Gasteiger partial charge in [-0.05, 0) is 11.4 Å². The van der Waals surface area contributed by atoms with Crippen molar-refractivity contribution in [1.82, 2.24) is 19.8 Å². The molecule has 1 atom stereocenters. The standard InChI is InChI=1S/C11H11ClN4OS2/c12-10-7(14-15-19-10)6-16-4-3-13-11(17)9(16)8-2-1-5-18-8/h1-2,5,9H,3-4,6H2,(H,13,17)/t9-/m0/s1. The Bertz CT molecular complexity index is 571. The van der Waals surface area contributed by atoms with E-state index in [4.69, 9.17) is 11.6 Å². The second kappa shape index (κ2) is 5.54. The molecule has 3 heterocycles. The molecule has 1 fully saturated rings. The highest BCUT2D eigenvalue weighted by Crippen LogP contribution is 2.29. The Labute approximate surface area is 123 Å². The number of rotatable bonds is 3. The Balaban J connectivity index is 1.85. The van der Waals surface area contributed by atoms with Gasteiger partial charge in [-0.2, -0.15) is 0 Å². The summed E-state index contributed by atoms with van der Waals surface area (Å²) in [6.07, 6.45) is 0. The van der Waals surface area contributed by atoms with Crippen LogP contribution in [0.3, 0.4) is 0 Å². The van der Waals surface area contributed by atoms with Crippen molar-refractivity contribution in [2.24, 2.45) is 0 Å². The van der Waals surface area contributed by atoms with Crippen LogP contribution < -0.4 is 5.32 Å². The van der Waals surface area contributed by atoms with Gasteiger partial charge in [0.15, 0.2) is 0 Å². The van der Waals surface area contributed by atoms with E-state index in [1.54, 1.807) is 11.3 Å². The molecular weight excluding hydrogens is 304 g/mol. The van der Waals surface area contributed by atoms with Crippen molar-refractivity contribution in [3.63, 3.8) is 0 Å². The van der Waals surface area contributed by atoms with Crippen molar-refractivity contribution in [2.45, 2.75) is 12.6 Å². The predicted molar refractivity (Wildman–Crippen MR) is 75.4 cm³/mol. The van der Waals surface area contributed by atoms with Gasteiger partial charge in [0.05, 0.1) is 0 Å². The number of aromatic nitrogens is 2. The lowest BCUT2D eigenvalue weighted by atomic mass is 10.1. The summed E-state index contributed by atoms with van der Waals surface area (Å²) in [6, 6.07) is 3.68. The van der Waals surface area contributed by atoms with E-state index < -0.39 is 0 Å². The van der Waals surface area contributed by atoms with Gasteiger partial charge in [-0.15, -0.1) is 16.4 Å². The number of halogens is 1. The van der Waals surface area contributed by atoms with Gasteiger partial charge in [0.2, 0.25) is 5.91 Å². The van der Waals surface area contributed by atoms with Crippen LogP contribution in [0.15, 0.2) is 17.5 Å². The number of hydrogen-bond donors (Lipinski definition) is 1. The zero-order valence-electron chi connectivity index (χ0n) is 9.88. The number of hydrogen-bond acceptors (Lipinski definition) is 6. The topological polar surface area (TPSA) is 58.1 Å². The second-order valence-electron chi connectivity index (χ2n) is 4.17. The minimum absolute atomic E-state index is 0.0352. The molecule has 1 aliphatic heterocycles. The fraction of sp³-hybridized carbons (Fsp3) is 0.364. The van der Waals surface area contributed by atoms with Crippen LogP contribution in [0.4, 0.5) is 0 Å². The molecule has 100 valence electrons. The average Bonchev–Trinajstić information content (AvgIpc) is 3.03. The van der Waals surface area contributed by atoms with Crippen molar-refractivity contribution in [3.8, 4) is 0 Å². The van der Waals surface area contributed by atoms with E-state index in [1.807, 2.05) is 17.5 Å². The molecule has 1 amide bonds. The van der Waals surface area contributed by atoms with Crippen molar-refractivity contribution >= 4 is 40.4 Å². The SMILES string of the molecule is O=C1NCCN(Cc2nnsc2Cl)[C@H]1c1cccs1. The maximum Gasteiger partial charge on any atom is 0.242 e. The van der Waals surface area contributed by atoms with Crippen LogP contribution in [0.5, 0.6) is 0 Å². The molecule has 0 radical (unpaired) electrons. The summed E-state index contributed by atoms with van der Waals surface area (Å²) < 4.78 is 4.42. The van der Waals surface area contributed by atoms with Gasteiger partial charge < -0.3 is 5.32 Å². The van der Waals surface area contributed by atoms with Gasteiger partial charge in [-0.1, -0.05) is 22.2 Å². The molecule has 1 N–H and O–H groups in total. The third-order valence-electron chi connectivity index (χ3n) is 2.99. The van der Waals surface area contributed by atoms with Gasteiger partial charge in [0.1, 0.15) is 16.1 Å². The van der Waals surface area contributed by atoms with E-state index in [0.717, 1.165) is 17.1 Å². The molecule has 19 heavy (non-hydrogen) atoms. The minimum Gasteiger partial charge on any atom is -0.353 e. The molecule has 0 spiro atoms. The summed E-state index contributed by atoms with van der Waals surface area (Å²) in [5.74, 6) is 0.0352. The first kappa shape index (κ1) is 13.0. The zero-order chi connectivity index (χ0) is 13.2. The molecule has 5 nitrogen and oxygen atoms in total. The molecule has 3 rings (SSSR count). The lowest BCUT2D eigenvalue weighted by Gasteiger charge is -2.33. The zero-order valence-corrected chi connectivity index (χ0v) is 12.3. The van der Waals surface area contributed by atoms with Crippen LogP contribution in [0.25, 0.3) is 0 Å². The number of carbonyl (C=O) groups is 1. The molecule has 1 aliphatic rings. The van der Waals surface area contributed by atoms with Crippen LogP contribution in [0.1, 0.15) is 16.6 Å². The third kappa shape index (κ3) is 2.64. The highest BCUT2D eigenvalue weighted by atomic mass is 35.5. The van der Waals surface area contributed by atoms with Crippen LogP contribution >= 0.6 is 34.5 Å². The number of piperazine rings is 1. The largest absolute Gasteiger partial charge is 0.353 e. The summed E-state index contributed by atoms with van der Waals surface area (Å²) in [4.78, 5) is 15.2. The number of nitrogens with zero attached hydrogens (tertiary/aromatic N) is 3. The number of nitrogens with one attached hydrogen (secondary N) is 1. The summed E-state index contributed by atoms with van der Waals surface area (Å²) >= 11 is 8.79. The fourth-order valence-corrected chi connectivity index (χ4v) is 3.59.